The van der Waals surface area contributed by atoms with Gasteiger partial charge in [0.1, 0.15) is 0 Å². The standard InChI is InChI=1S/C15H22N2O3/c1-4-17(9-10-18)11(2)15(20)16-14-8-6-5-7-13(14)12(3)19/h5-8,11,18H,4,9-10H2,1-3H3,(H,16,20). The number of carbonyl (C=O) groups excluding carboxylic acids is 2. The summed E-state index contributed by atoms with van der Waals surface area (Å²) in [7, 11) is 0. The molecule has 0 saturated heterocycles. The summed E-state index contributed by atoms with van der Waals surface area (Å²) in [5.74, 6) is -0.273. The molecule has 5 heteroatoms. The highest BCUT2D eigenvalue weighted by molar-refractivity contribution is 6.04. The summed E-state index contributed by atoms with van der Waals surface area (Å²) < 4.78 is 0. The predicted octanol–water partition coefficient (Wildman–Crippen LogP) is 1.53. The lowest BCUT2D eigenvalue weighted by Gasteiger charge is -2.26. The highest BCUT2D eigenvalue weighted by Crippen LogP contribution is 2.16. The lowest BCUT2D eigenvalue weighted by molar-refractivity contribution is -0.120. The van der Waals surface area contributed by atoms with Crippen LogP contribution < -0.4 is 5.32 Å². The Morgan fingerprint density at radius 2 is 2.00 bits per heavy atom. The molecule has 0 radical (unpaired) electrons. The van der Waals surface area contributed by atoms with Crippen molar-refractivity contribution in [3.8, 4) is 0 Å². The lowest BCUT2D eigenvalue weighted by Crippen LogP contribution is -2.43. The Hall–Kier alpha value is -1.72. The van der Waals surface area contributed by atoms with Gasteiger partial charge in [0, 0.05) is 12.1 Å². The number of Topliss-reactive ketones (excluding diaryl/α,β-unsaturated/α-hetero) is 1. The van der Waals surface area contributed by atoms with Gasteiger partial charge in [-0.3, -0.25) is 14.5 Å². The number of amides is 1. The summed E-state index contributed by atoms with van der Waals surface area (Å²) in [6.45, 7) is 6.31. The average molecular weight is 278 g/mol. The maximum Gasteiger partial charge on any atom is 0.241 e. The number of carbonyl (C=O) groups is 2. The number of ketones is 1. The van der Waals surface area contributed by atoms with Gasteiger partial charge in [-0.1, -0.05) is 19.1 Å². The Morgan fingerprint density at radius 3 is 2.55 bits per heavy atom. The van der Waals surface area contributed by atoms with Gasteiger partial charge in [0.15, 0.2) is 5.78 Å². The normalized spacial score (nSPS) is 12.2. The number of aliphatic hydroxyl groups excluding tert-OH is 1. The van der Waals surface area contributed by atoms with E-state index in [1.165, 1.54) is 6.92 Å². The summed E-state index contributed by atoms with van der Waals surface area (Å²) in [6.07, 6.45) is 0. The minimum absolute atomic E-state index is 0.00942. The molecule has 0 fully saturated rings. The fourth-order valence-corrected chi connectivity index (χ4v) is 2.06. The Bertz CT molecular complexity index is 474. The van der Waals surface area contributed by atoms with E-state index >= 15 is 0 Å². The van der Waals surface area contributed by atoms with Gasteiger partial charge in [-0.2, -0.15) is 0 Å². The smallest absolute Gasteiger partial charge is 0.241 e. The van der Waals surface area contributed by atoms with Crippen LogP contribution in [0, 0.1) is 0 Å². The van der Waals surface area contributed by atoms with Gasteiger partial charge in [-0.25, -0.2) is 0 Å². The second kappa shape index (κ2) is 7.77. The minimum Gasteiger partial charge on any atom is -0.395 e. The van der Waals surface area contributed by atoms with Crippen LogP contribution in [0.3, 0.4) is 0 Å². The summed E-state index contributed by atoms with van der Waals surface area (Å²) in [5, 5.41) is 11.8. The van der Waals surface area contributed by atoms with E-state index in [1.54, 1.807) is 31.2 Å². The number of nitrogens with zero attached hydrogens (tertiary/aromatic N) is 1. The molecule has 1 atom stereocenters. The van der Waals surface area contributed by atoms with E-state index in [9.17, 15) is 9.59 Å². The van der Waals surface area contributed by atoms with E-state index in [4.69, 9.17) is 5.11 Å². The molecule has 1 aromatic carbocycles. The third-order valence-corrected chi connectivity index (χ3v) is 3.28. The van der Waals surface area contributed by atoms with Gasteiger partial charge in [-0.05, 0) is 32.5 Å². The van der Waals surface area contributed by atoms with Crippen LogP contribution in [0.25, 0.3) is 0 Å². The molecule has 0 aromatic heterocycles. The lowest BCUT2D eigenvalue weighted by atomic mass is 10.1. The number of para-hydroxylation sites is 1. The largest absolute Gasteiger partial charge is 0.395 e. The predicted molar refractivity (Wildman–Crippen MR) is 78.9 cm³/mol. The van der Waals surface area contributed by atoms with Crippen molar-refractivity contribution in [3.63, 3.8) is 0 Å². The van der Waals surface area contributed by atoms with Crippen molar-refractivity contribution in [3.05, 3.63) is 29.8 Å². The summed E-state index contributed by atoms with van der Waals surface area (Å²) in [4.78, 5) is 25.6. The van der Waals surface area contributed by atoms with E-state index in [1.807, 2.05) is 11.8 Å². The molecule has 2 N–H and O–H groups in total. The molecule has 5 nitrogen and oxygen atoms in total. The Morgan fingerprint density at radius 1 is 1.35 bits per heavy atom. The number of hydrogen-bond acceptors (Lipinski definition) is 4. The Kier molecular flexibility index (Phi) is 6.35. The third kappa shape index (κ3) is 4.15. The van der Waals surface area contributed by atoms with Gasteiger partial charge in [0.2, 0.25) is 5.91 Å². The molecule has 0 heterocycles. The van der Waals surface area contributed by atoms with Crippen molar-refractivity contribution in [1.82, 2.24) is 4.90 Å². The highest BCUT2D eigenvalue weighted by atomic mass is 16.3. The maximum atomic E-state index is 12.2. The van der Waals surface area contributed by atoms with E-state index in [-0.39, 0.29) is 24.3 Å². The van der Waals surface area contributed by atoms with E-state index in [0.717, 1.165) is 0 Å². The number of hydrogen-bond donors (Lipinski definition) is 2. The number of aliphatic hydroxyl groups is 1. The highest BCUT2D eigenvalue weighted by Gasteiger charge is 2.20. The first kappa shape index (κ1) is 16.3. The van der Waals surface area contributed by atoms with Crippen molar-refractivity contribution in [2.45, 2.75) is 26.8 Å². The van der Waals surface area contributed by atoms with Crippen LogP contribution in [0.2, 0.25) is 0 Å². The number of nitrogens with one attached hydrogen (secondary N) is 1. The molecule has 1 rings (SSSR count). The minimum atomic E-state index is -0.368. The van der Waals surface area contributed by atoms with Gasteiger partial charge in [-0.15, -0.1) is 0 Å². The summed E-state index contributed by atoms with van der Waals surface area (Å²) in [6, 6.07) is 6.57. The van der Waals surface area contributed by atoms with Crippen molar-refractivity contribution >= 4 is 17.4 Å². The van der Waals surface area contributed by atoms with Crippen LogP contribution in [0.1, 0.15) is 31.1 Å². The van der Waals surface area contributed by atoms with Gasteiger partial charge < -0.3 is 10.4 Å². The van der Waals surface area contributed by atoms with Crippen LogP contribution in [-0.4, -0.2) is 47.4 Å². The zero-order chi connectivity index (χ0) is 15.1. The number of benzene rings is 1. The topological polar surface area (TPSA) is 69.6 Å². The monoisotopic (exact) mass is 278 g/mol. The Labute approximate surface area is 119 Å². The fraction of sp³-hybridized carbons (Fsp3) is 0.467. The van der Waals surface area contributed by atoms with E-state index in [0.29, 0.717) is 24.3 Å². The van der Waals surface area contributed by atoms with Gasteiger partial charge in [0.05, 0.1) is 18.3 Å². The van der Waals surface area contributed by atoms with Crippen LogP contribution in [0.4, 0.5) is 5.69 Å². The maximum absolute atomic E-state index is 12.2. The molecule has 0 bridgehead atoms. The van der Waals surface area contributed by atoms with Crippen molar-refractivity contribution in [2.75, 3.05) is 25.0 Å². The van der Waals surface area contributed by atoms with Crippen LogP contribution in [0.5, 0.6) is 0 Å². The van der Waals surface area contributed by atoms with Crippen molar-refractivity contribution in [1.29, 1.82) is 0 Å². The number of likely N-dealkylation sites (N-methyl/N-ethyl adjacent to an activating group) is 1. The zero-order valence-corrected chi connectivity index (χ0v) is 12.2. The van der Waals surface area contributed by atoms with Gasteiger partial charge >= 0.3 is 0 Å². The molecule has 1 aromatic rings. The summed E-state index contributed by atoms with van der Waals surface area (Å²) in [5.41, 5.74) is 1.02. The van der Waals surface area contributed by atoms with Crippen molar-refractivity contribution in [2.24, 2.45) is 0 Å². The SMILES string of the molecule is CCN(CCO)C(C)C(=O)Nc1ccccc1C(C)=O. The molecule has 0 spiro atoms. The molecule has 0 aliphatic heterocycles. The second-order valence-corrected chi connectivity index (χ2v) is 4.62. The van der Waals surface area contributed by atoms with Crippen molar-refractivity contribution < 1.29 is 14.7 Å². The Balaban J connectivity index is 2.82. The summed E-state index contributed by atoms with van der Waals surface area (Å²) >= 11 is 0. The molecule has 1 amide bonds. The molecule has 20 heavy (non-hydrogen) atoms. The molecule has 0 aliphatic carbocycles. The number of anilines is 1. The zero-order valence-electron chi connectivity index (χ0n) is 12.2. The van der Waals surface area contributed by atoms with Crippen LogP contribution in [0.15, 0.2) is 24.3 Å². The quantitative estimate of drug-likeness (QED) is 0.742. The second-order valence-electron chi connectivity index (χ2n) is 4.62. The first-order valence-electron chi connectivity index (χ1n) is 6.77. The first-order chi connectivity index (χ1) is 9.51. The molecule has 1 unspecified atom stereocenters. The molecule has 0 aliphatic rings. The third-order valence-electron chi connectivity index (χ3n) is 3.28. The molecular weight excluding hydrogens is 256 g/mol. The average Bonchev–Trinajstić information content (AvgIpc) is 2.44. The van der Waals surface area contributed by atoms with E-state index < -0.39 is 0 Å². The van der Waals surface area contributed by atoms with Crippen LogP contribution in [-0.2, 0) is 4.79 Å². The molecule has 110 valence electrons. The fourth-order valence-electron chi connectivity index (χ4n) is 2.06. The molecule has 0 saturated carbocycles. The van der Waals surface area contributed by atoms with E-state index in [2.05, 4.69) is 5.32 Å². The first-order valence-corrected chi connectivity index (χ1v) is 6.77. The van der Waals surface area contributed by atoms with Crippen LogP contribution >= 0.6 is 0 Å². The van der Waals surface area contributed by atoms with Gasteiger partial charge in [0.25, 0.3) is 0 Å². The number of rotatable bonds is 7. The molecular formula is C15H22N2O3.